The van der Waals surface area contributed by atoms with Gasteiger partial charge >= 0.3 is 0 Å². The number of ether oxygens (including phenoxy) is 1. The second-order valence-electron chi connectivity index (χ2n) is 4.63. The first-order valence-electron chi connectivity index (χ1n) is 6.62. The van der Waals surface area contributed by atoms with E-state index < -0.39 is 0 Å². The van der Waals surface area contributed by atoms with E-state index in [4.69, 9.17) is 9.15 Å². The Morgan fingerprint density at radius 1 is 1.21 bits per heavy atom. The topological polar surface area (TPSA) is 60.2 Å². The molecular formula is C14H17N3O2. The maximum absolute atomic E-state index is 5.61. The molecule has 0 spiro atoms. The molecule has 1 fully saturated rings. The predicted molar refractivity (Wildman–Crippen MR) is 70.4 cm³/mol. The van der Waals surface area contributed by atoms with Gasteiger partial charge in [0.2, 0.25) is 11.8 Å². The van der Waals surface area contributed by atoms with E-state index in [0.717, 1.165) is 31.6 Å². The summed E-state index contributed by atoms with van der Waals surface area (Å²) in [6.07, 6.45) is 2.62. The fourth-order valence-electron chi connectivity index (χ4n) is 2.17. The van der Waals surface area contributed by atoms with Crippen LogP contribution in [0.3, 0.4) is 0 Å². The van der Waals surface area contributed by atoms with E-state index in [1.54, 1.807) is 0 Å². The highest BCUT2D eigenvalue weighted by Gasteiger charge is 2.15. The summed E-state index contributed by atoms with van der Waals surface area (Å²) in [6.45, 7) is 2.30. The maximum atomic E-state index is 5.61. The summed E-state index contributed by atoms with van der Waals surface area (Å²) in [7, 11) is 0. The van der Waals surface area contributed by atoms with E-state index in [1.807, 2.05) is 30.3 Å². The van der Waals surface area contributed by atoms with Crippen LogP contribution >= 0.6 is 0 Å². The molecule has 2 heterocycles. The van der Waals surface area contributed by atoms with Crippen LogP contribution in [0.1, 0.15) is 18.7 Å². The van der Waals surface area contributed by atoms with E-state index in [1.165, 1.54) is 0 Å². The van der Waals surface area contributed by atoms with Gasteiger partial charge in [-0.2, -0.15) is 0 Å². The summed E-state index contributed by atoms with van der Waals surface area (Å²) in [5, 5.41) is 11.4. The molecule has 5 nitrogen and oxygen atoms in total. The molecule has 5 heteroatoms. The highest BCUT2D eigenvalue weighted by molar-refractivity contribution is 5.51. The molecule has 0 amide bonds. The highest BCUT2D eigenvalue weighted by Crippen LogP contribution is 2.16. The first-order chi connectivity index (χ1) is 9.42. The number of nitrogens with one attached hydrogen (secondary N) is 1. The van der Waals surface area contributed by atoms with Gasteiger partial charge in [0.05, 0.1) is 12.6 Å². The molecule has 1 atom stereocenters. The van der Waals surface area contributed by atoms with Crippen molar-refractivity contribution in [1.82, 2.24) is 15.5 Å². The first kappa shape index (κ1) is 12.3. The minimum absolute atomic E-state index is 0.330. The van der Waals surface area contributed by atoms with Gasteiger partial charge in [-0.15, -0.1) is 10.2 Å². The first-order valence-corrected chi connectivity index (χ1v) is 6.62. The lowest BCUT2D eigenvalue weighted by molar-refractivity contribution is 0.109. The van der Waals surface area contributed by atoms with Gasteiger partial charge in [0.15, 0.2) is 0 Å². The van der Waals surface area contributed by atoms with Crippen LogP contribution in [0.15, 0.2) is 34.7 Å². The predicted octanol–water partition coefficient (Wildman–Crippen LogP) is 2.01. The molecule has 1 aliphatic rings. The number of rotatable bonds is 5. The number of hydrogen-bond donors (Lipinski definition) is 1. The summed E-state index contributed by atoms with van der Waals surface area (Å²) < 4.78 is 11.1. The number of aromatic nitrogens is 2. The Kier molecular flexibility index (Phi) is 3.86. The zero-order valence-corrected chi connectivity index (χ0v) is 10.7. The summed E-state index contributed by atoms with van der Waals surface area (Å²) in [6, 6.07) is 9.78. The van der Waals surface area contributed by atoms with Crippen molar-refractivity contribution in [2.24, 2.45) is 0 Å². The second kappa shape index (κ2) is 5.95. The van der Waals surface area contributed by atoms with Crippen molar-refractivity contribution in [1.29, 1.82) is 0 Å². The van der Waals surface area contributed by atoms with Gasteiger partial charge in [0.1, 0.15) is 0 Å². The Hall–Kier alpha value is -1.72. The lowest BCUT2D eigenvalue weighted by atomic mass is 10.2. The highest BCUT2D eigenvalue weighted by atomic mass is 16.5. The fraction of sp³-hybridized carbons (Fsp3) is 0.429. The molecule has 0 saturated carbocycles. The Bertz CT molecular complexity index is 506. The minimum atomic E-state index is 0.330. The molecule has 100 valence electrons. The van der Waals surface area contributed by atoms with Crippen molar-refractivity contribution in [2.45, 2.75) is 25.5 Å². The molecule has 19 heavy (non-hydrogen) atoms. The third kappa shape index (κ3) is 3.19. The van der Waals surface area contributed by atoms with Gasteiger partial charge in [0.25, 0.3) is 0 Å². The van der Waals surface area contributed by atoms with Crippen LogP contribution in [0.25, 0.3) is 11.5 Å². The average Bonchev–Trinajstić information content (AvgIpc) is 3.11. The van der Waals surface area contributed by atoms with Crippen LogP contribution in [-0.2, 0) is 11.3 Å². The summed E-state index contributed by atoms with van der Waals surface area (Å²) in [4.78, 5) is 0. The van der Waals surface area contributed by atoms with E-state index in [-0.39, 0.29) is 0 Å². The molecule has 0 aliphatic carbocycles. The average molecular weight is 259 g/mol. The van der Waals surface area contributed by atoms with Crippen LogP contribution < -0.4 is 5.32 Å². The SMILES string of the molecule is c1ccc(-c2nnc(CNCC3CCCO3)o2)cc1. The Balaban J connectivity index is 1.53. The third-order valence-corrected chi connectivity index (χ3v) is 3.16. The molecule has 1 saturated heterocycles. The molecule has 0 bridgehead atoms. The van der Waals surface area contributed by atoms with Gasteiger partial charge in [-0.25, -0.2) is 0 Å². The van der Waals surface area contributed by atoms with Gasteiger partial charge in [-0.05, 0) is 25.0 Å². The van der Waals surface area contributed by atoms with Crippen molar-refractivity contribution < 1.29 is 9.15 Å². The number of nitrogens with zero attached hydrogens (tertiary/aromatic N) is 2. The Morgan fingerprint density at radius 3 is 2.89 bits per heavy atom. The monoisotopic (exact) mass is 259 g/mol. The van der Waals surface area contributed by atoms with Crippen LogP contribution in [0.5, 0.6) is 0 Å². The van der Waals surface area contributed by atoms with Crippen LogP contribution in [0.4, 0.5) is 0 Å². The summed E-state index contributed by atoms with van der Waals surface area (Å²) in [5.41, 5.74) is 0.945. The lowest BCUT2D eigenvalue weighted by Crippen LogP contribution is -2.25. The van der Waals surface area contributed by atoms with Gasteiger partial charge in [-0.3, -0.25) is 0 Å². The molecule has 1 aromatic carbocycles. The van der Waals surface area contributed by atoms with Crippen molar-refractivity contribution >= 4 is 0 Å². The van der Waals surface area contributed by atoms with Crippen LogP contribution in [-0.4, -0.2) is 29.5 Å². The fourth-order valence-corrected chi connectivity index (χ4v) is 2.17. The zero-order chi connectivity index (χ0) is 12.9. The van der Waals surface area contributed by atoms with Crippen molar-refractivity contribution in [3.05, 3.63) is 36.2 Å². The van der Waals surface area contributed by atoms with E-state index in [9.17, 15) is 0 Å². The minimum Gasteiger partial charge on any atom is -0.419 e. The van der Waals surface area contributed by atoms with Crippen molar-refractivity contribution in [3.63, 3.8) is 0 Å². The standard InChI is InChI=1S/C14H17N3O2/c1-2-5-11(6-3-1)14-17-16-13(19-14)10-15-9-12-7-4-8-18-12/h1-3,5-6,12,15H,4,7-10H2. The van der Waals surface area contributed by atoms with E-state index in [2.05, 4.69) is 15.5 Å². The molecule has 1 unspecified atom stereocenters. The molecular weight excluding hydrogens is 242 g/mol. The number of hydrogen-bond acceptors (Lipinski definition) is 5. The molecule has 1 aliphatic heterocycles. The van der Waals surface area contributed by atoms with Crippen LogP contribution in [0.2, 0.25) is 0 Å². The molecule has 1 aromatic heterocycles. The molecule has 0 radical (unpaired) electrons. The van der Waals surface area contributed by atoms with E-state index in [0.29, 0.717) is 24.4 Å². The zero-order valence-electron chi connectivity index (χ0n) is 10.7. The largest absolute Gasteiger partial charge is 0.419 e. The van der Waals surface area contributed by atoms with Gasteiger partial charge in [0, 0.05) is 18.7 Å². The molecule has 3 rings (SSSR count). The maximum Gasteiger partial charge on any atom is 0.247 e. The quantitative estimate of drug-likeness (QED) is 0.890. The van der Waals surface area contributed by atoms with E-state index >= 15 is 0 Å². The normalized spacial score (nSPS) is 18.8. The smallest absolute Gasteiger partial charge is 0.247 e. The Labute approximate surface area is 112 Å². The third-order valence-electron chi connectivity index (χ3n) is 3.16. The molecule has 1 N–H and O–H groups in total. The van der Waals surface area contributed by atoms with Crippen molar-refractivity contribution in [2.75, 3.05) is 13.2 Å². The molecule has 2 aromatic rings. The Morgan fingerprint density at radius 2 is 2.11 bits per heavy atom. The summed E-state index contributed by atoms with van der Waals surface area (Å²) in [5.74, 6) is 1.17. The van der Waals surface area contributed by atoms with Crippen LogP contribution in [0, 0.1) is 0 Å². The second-order valence-corrected chi connectivity index (χ2v) is 4.63. The lowest BCUT2D eigenvalue weighted by Gasteiger charge is -2.08. The van der Waals surface area contributed by atoms with Gasteiger partial charge in [-0.1, -0.05) is 18.2 Å². The summed E-state index contributed by atoms with van der Waals surface area (Å²) >= 11 is 0. The number of benzene rings is 1. The van der Waals surface area contributed by atoms with Gasteiger partial charge < -0.3 is 14.5 Å². The van der Waals surface area contributed by atoms with Crippen molar-refractivity contribution in [3.8, 4) is 11.5 Å².